The number of ether oxygens (including phenoxy) is 1. The summed E-state index contributed by atoms with van der Waals surface area (Å²) in [6.45, 7) is 0. The second-order valence-corrected chi connectivity index (χ2v) is 5.97. The van der Waals surface area contributed by atoms with Crippen molar-refractivity contribution in [1.29, 1.82) is 0 Å². The minimum absolute atomic E-state index is 0.241. The number of para-hydroxylation sites is 1. The second kappa shape index (κ2) is 7.35. The summed E-state index contributed by atoms with van der Waals surface area (Å²) in [6, 6.07) is 12.0. The van der Waals surface area contributed by atoms with Gasteiger partial charge in [-0.15, -0.1) is 0 Å². The fourth-order valence-electron chi connectivity index (χ4n) is 2.68. The summed E-state index contributed by atoms with van der Waals surface area (Å²) < 4.78 is 17.8. The Labute approximate surface area is 149 Å². The van der Waals surface area contributed by atoms with Crippen LogP contribution in [0.3, 0.4) is 0 Å². The molecule has 0 heterocycles. The van der Waals surface area contributed by atoms with Gasteiger partial charge >= 0.3 is 5.97 Å². The molecule has 26 heavy (non-hydrogen) atoms. The number of hydrogen-bond donors (Lipinski definition) is 2. The number of carbonyl (C=O) groups is 3. The smallest absolute Gasteiger partial charge is 0.339 e. The van der Waals surface area contributed by atoms with Crippen molar-refractivity contribution in [3.63, 3.8) is 0 Å². The zero-order chi connectivity index (χ0) is 18.7. The normalized spacial score (nSPS) is 17.9. The molecule has 0 aromatic heterocycles. The highest BCUT2D eigenvalue weighted by atomic mass is 19.1. The lowest BCUT2D eigenvalue weighted by atomic mass is 10.1. The standard InChI is InChI=1S/C19H17FN2O4/c1-26-19(25)13-7-2-3-8-16(13)22-18(24)15-10-14(15)17(23)21-12-6-4-5-11(20)9-12/h2-9,14-15H,10H2,1H3,(H,21,23)(H,22,24). The van der Waals surface area contributed by atoms with E-state index in [1.165, 1.54) is 25.3 Å². The van der Waals surface area contributed by atoms with E-state index in [0.29, 0.717) is 17.8 Å². The highest BCUT2D eigenvalue weighted by Gasteiger charge is 2.48. The van der Waals surface area contributed by atoms with Crippen molar-refractivity contribution in [2.24, 2.45) is 11.8 Å². The van der Waals surface area contributed by atoms with Gasteiger partial charge < -0.3 is 15.4 Å². The molecule has 1 saturated carbocycles. The first kappa shape index (κ1) is 17.6. The number of benzene rings is 2. The molecule has 1 aliphatic rings. The summed E-state index contributed by atoms with van der Waals surface area (Å²) in [4.78, 5) is 36.3. The van der Waals surface area contributed by atoms with Crippen molar-refractivity contribution < 1.29 is 23.5 Å². The molecule has 0 bridgehead atoms. The van der Waals surface area contributed by atoms with Crippen LogP contribution in [0, 0.1) is 17.7 Å². The van der Waals surface area contributed by atoms with Crippen LogP contribution in [0.5, 0.6) is 0 Å². The Kier molecular flexibility index (Phi) is 4.97. The molecular weight excluding hydrogens is 339 g/mol. The molecule has 2 amide bonds. The molecule has 3 rings (SSSR count). The number of amides is 2. The molecule has 0 aliphatic heterocycles. The largest absolute Gasteiger partial charge is 0.465 e. The zero-order valence-electron chi connectivity index (χ0n) is 14.0. The lowest BCUT2D eigenvalue weighted by molar-refractivity contribution is -0.122. The Hall–Kier alpha value is -3.22. The second-order valence-electron chi connectivity index (χ2n) is 5.97. The summed E-state index contributed by atoms with van der Waals surface area (Å²) in [5, 5.41) is 5.26. The van der Waals surface area contributed by atoms with Gasteiger partial charge in [-0.05, 0) is 36.8 Å². The van der Waals surface area contributed by atoms with Crippen molar-refractivity contribution in [3.8, 4) is 0 Å². The third-order valence-corrected chi connectivity index (χ3v) is 4.15. The fraction of sp³-hybridized carbons (Fsp3) is 0.211. The van der Waals surface area contributed by atoms with Gasteiger partial charge in [0.25, 0.3) is 0 Å². The van der Waals surface area contributed by atoms with E-state index in [-0.39, 0.29) is 17.4 Å². The maximum absolute atomic E-state index is 13.2. The third kappa shape index (κ3) is 3.88. The highest BCUT2D eigenvalue weighted by Crippen LogP contribution is 2.40. The monoisotopic (exact) mass is 356 g/mol. The summed E-state index contributed by atoms with van der Waals surface area (Å²) in [5.74, 6) is -2.67. The predicted octanol–water partition coefficient (Wildman–Crippen LogP) is 2.83. The average Bonchev–Trinajstić information content (AvgIpc) is 3.42. The molecular formula is C19H17FN2O4. The molecule has 0 saturated heterocycles. The van der Waals surface area contributed by atoms with Crippen LogP contribution in [-0.4, -0.2) is 24.9 Å². The van der Waals surface area contributed by atoms with Crippen LogP contribution in [0.15, 0.2) is 48.5 Å². The number of nitrogens with one attached hydrogen (secondary N) is 2. The fourth-order valence-corrected chi connectivity index (χ4v) is 2.68. The van der Waals surface area contributed by atoms with Crippen molar-refractivity contribution in [1.82, 2.24) is 0 Å². The molecule has 2 N–H and O–H groups in total. The Morgan fingerprint density at radius 1 is 1.00 bits per heavy atom. The van der Waals surface area contributed by atoms with Gasteiger partial charge in [-0.1, -0.05) is 18.2 Å². The van der Waals surface area contributed by atoms with Crippen molar-refractivity contribution in [3.05, 3.63) is 59.9 Å². The van der Waals surface area contributed by atoms with E-state index in [1.807, 2.05) is 0 Å². The molecule has 2 aromatic carbocycles. The number of halogens is 1. The minimum atomic E-state index is -0.558. The van der Waals surface area contributed by atoms with Crippen LogP contribution in [0.25, 0.3) is 0 Å². The maximum Gasteiger partial charge on any atom is 0.339 e. The van der Waals surface area contributed by atoms with Crippen LogP contribution < -0.4 is 10.6 Å². The molecule has 6 nitrogen and oxygen atoms in total. The van der Waals surface area contributed by atoms with Crippen molar-refractivity contribution in [2.45, 2.75) is 6.42 Å². The first-order chi connectivity index (χ1) is 12.5. The van der Waals surface area contributed by atoms with E-state index in [4.69, 9.17) is 0 Å². The van der Waals surface area contributed by atoms with Gasteiger partial charge in [0.1, 0.15) is 5.82 Å². The number of anilines is 2. The molecule has 0 spiro atoms. The molecule has 1 fully saturated rings. The minimum Gasteiger partial charge on any atom is -0.465 e. The molecule has 2 aromatic rings. The summed E-state index contributed by atoms with van der Waals surface area (Å²) in [6.07, 6.45) is 0.396. The number of rotatable bonds is 5. The highest BCUT2D eigenvalue weighted by molar-refractivity contribution is 6.06. The third-order valence-electron chi connectivity index (χ3n) is 4.15. The van der Waals surface area contributed by atoms with Gasteiger partial charge in [-0.2, -0.15) is 0 Å². The molecule has 2 unspecified atom stereocenters. The Morgan fingerprint density at radius 3 is 2.38 bits per heavy atom. The maximum atomic E-state index is 13.2. The Bertz CT molecular complexity index is 868. The zero-order valence-corrected chi connectivity index (χ0v) is 14.0. The number of carbonyl (C=O) groups excluding carboxylic acids is 3. The van der Waals surface area contributed by atoms with E-state index in [0.717, 1.165) is 0 Å². The van der Waals surface area contributed by atoms with Crippen LogP contribution >= 0.6 is 0 Å². The first-order valence-electron chi connectivity index (χ1n) is 8.04. The van der Waals surface area contributed by atoms with Gasteiger partial charge in [-0.3, -0.25) is 9.59 Å². The lowest BCUT2D eigenvalue weighted by Crippen LogP contribution is -2.21. The molecule has 2 atom stereocenters. The van der Waals surface area contributed by atoms with E-state index in [2.05, 4.69) is 15.4 Å². The quantitative estimate of drug-likeness (QED) is 0.807. The number of methoxy groups -OCH3 is 1. The van der Waals surface area contributed by atoms with E-state index in [9.17, 15) is 18.8 Å². The summed E-state index contributed by atoms with van der Waals surface area (Å²) in [5.41, 5.74) is 0.919. The first-order valence-corrected chi connectivity index (χ1v) is 8.04. The Balaban J connectivity index is 1.61. The van der Waals surface area contributed by atoms with Crippen LogP contribution in [0.4, 0.5) is 15.8 Å². The molecule has 134 valence electrons. The molecule has 7 heteroatoms. The average molecular weight is 356 g/mol. The van der Waals surface area contributed by atoms with Crippen molar-refractivity contribution in [2.75, 3.05) is 17.7 Å². The lowest BCUT2D eigenvalue weighted by Gasteiger charge is -2.09. The van der Waals surface area contributed by atoms with Crippen LogP contribution in [-0.2, 0) is 14.3 Å². The van der Waals surface area contributed by atoms with Gasteiger partial charge in [0.05, 0.1) is 30.2 Å². The van der Waals surface area contributed by atoms with Crippen LogP contribution in [0.2, 0.25) is 0 Å². The summed E-state index contributed by atoms with van der Waals surface area (Å²) in [7, 11) is 1.26. The summed E-state index contributed by atoms with van der Waals surface area (Å²) >= 11 is 0. The SMILES string of the molecule is COC(=O)c1ccccc1NC(=O)C1CC1C(=O)Nc1cccc(F)c1. The topological polar surface area (TPSA) is 84.5 Å². The van der Waals surface area contributed by atoms with Crippen molar-refractivity contribution >= 4 is 29.2 Å². The molecule has 1 aliphatic carbocycles. The van der Waals surface area contributed by atoms with Gasteiger partial charge in [0, 0.05) is 5.69 Å². The van der Waals surface area contributed by atoms with E-state index in [1.54, 1.807) is 30.3 Å². The van der Waals surface area contributed by atoms with Gasteiger partial charge in [0.2, 0.25) is 11.8 Å². The van der Waals surface area contributed by atoms with Gasteiger partial charge in [0.15, 0.2) is 0 Å². The van der Waals surface area contributed by atoms with Crippen LogP contribution in [0.1, 0.15) is 16.8 Å². The van der Waals surface area contributed by atoms with E-state index < -0.39 is 23.6 Å². The predicted molar refractivity (Wildman–Crippen MR) is 93.0 cm³/mol. The van der Waals surface area contributed by atoms with Gasteiger partial charge in [-0.25, -0.2) is 9.18 Å². The Morgan fingerprint density at radius 2 is 1.69 bits per heavy atom. The molecule has 0 radical (unpaired) electrons. The number of hydrogen-bond acceptors (Lipinski definition) is 4. The van der Waals surface area contributed by atoms with E-state index >= 15 is 0 Å². The number of esters is 1.